The van der Waals surface area contributed by atoms with Crippen LogP contribution in [0.2, 0.25) is 0 Å². The van der Waals surface area contributed by atoms with Gasteiger partial charge in [-0.05, 0) is 38.8 Å². The fraction of sp³-hybridized carbons (Fsp3) is 0.500. The van der Waals surface area contributed by atoms with Crippen LogP contribution in [0.1, 0.15) is 36.3 Å². The Bertz CT molecular complexity index is 366. The molecule has 1 heterocycles. The van der Waals surface area contributed by atoms with Crippen LogP contribution >= 0.6 is 11.6 Å². The molecule has 0 bridgehead atoms. The molecule has 1 N–H and O–H groups in total. The Morgan fingerprint density at radius 2 is 2.25 bits per heavy atom. The van der Waals surface area contributed by atoms with Gasteiger partial charge in [0, 0.05) is 17.6 Å². The summed E-state index contributed by atoms with van der Waals surface area (Å²) in [5, 5.41) is 2.94. The van der Waals surface area contributed by atoms with Gasteiger partial charge >= 0.3 is 0 Å². The average molecular weight is 241 g/mol. The molecule has 0 fully saturated rings. The molecule has 1 aromatic rings. The van der Waals surface area contributed by atoms with Gasteiger partial charge in [-0.15, -0.1) is 11.6 Å². The van der Waals surface area contributed by atoms with Gasteiger partial charge in [-0.2, -0.15) is 0 Å². The number of aryl methyl sites for hydroxylation is 1. The summed E-state index contributed by atoms with van der Waals surface area (Å²) in [6.07, 6.45) is 2.37. The maximum absolute atomic E-state index is 11.8. The molecule has 0 aliphatic carbocycles. The Balaban J connectivity index is 2.63. The first-order valence-electron chi connectivity index (χ1n) is 5.37. The maximum Gasteiger partial charge on any atom is 0.270 e. The second-order valence-corrected chi connectivity index (χ2v) is 4.80. The summed E-state index contributed by atoms with van der Waals surface area (Å²) in [6.45, 7) is 5.72. The molecule has 0 spiro atoms. The van der Waals surface area contributed by atoms with Gasteiger partial charge in [-0.25, -0.2) is 0 Å². The molecule has 2 unspecified atom stereocenters. The lowest BCUT2D eigenvalue weighted by Gasteiger charge is -2.15. The smallest absolute Gasteiger partial charge is 0.270 e. The number of hydrogen-bond donors (Lipinski definition) is 1. The number of nitrogens with zero attached hydrogens (tertiary/aromatic N) is 1. The van der Waals surface area contributed by atoms with E-state index < -0.39 is 0 Å². The van der Waals surface area contributed by atoms with Crippen LogP contribution in [0.5, 0.6) is 0 Å². The van der Waals surface area contributed by atoms with Crippen molar-refractivity contribution in [3.05, 3.63) is 29.6 Å². The van der Waals surface area contributed by atoms with Gasteiger partial charge in [-0.3, -0.25) is 9.78 Å². The highest BCUT2D eigenvalue weighted by Crippen LogP contribution is 2.07. The van der Waals surface area contributed by atoms with E-state index in [2.05, 4.69) is 10.3 Å². The molecule has 2 atom stereocenters. The van der Waals surface area contributed by atoms with Gasteiger partial charge in [0.05, 0.1) is 0 Å². The number of carbonyl (C=O) groups excluding carboxylic acids is 1. The SMILES string of the molecule is Cc1cccnc1C(=O)NC(C)CC(C)Cl. The third-order valence-corrected chi connectivity index (χ3v) is 2.46. The molecule has 4 heteroatoms. The summed E-state index contributed by atoms with van der Waals surface area (Å²) >= 11 is 5.87. The van der Waals surface area contributed by atoms with Crippen LogP contribution < -0.4 is 5.32 Å². The lowest BCUT2D eigenvalue weighted by Crippen LogP contribution is -2.34. The number of nitrogens with one attached hydrogen (secondary N) is 1. The van der Waals surface area contributed by atoms with Gasteiger partial charge in [-0.1, -0.05) is 6.07 Å². The largest absolute Gasteiger partial charge is 0.348 e. The van der Waals surface area contributed by atoms with Crippen molar-refractivity contribution in [3.8, 4) is 0 Å². The Hall–Kier alpha value is -1.09. The first-order chi connectivity index (χ1) is 7.50. The molecule has 3 nitrogen and oxygen atoms in total. The third kappa shape index (κ3) is 3.81. The number of pyridine rings is 1. The standard InChI is InChI=1S/C12H17ClN2O/c1-8-5-4-6-14-11(8)12(16)15-10(3)7-9(2)13/h4-6,9-10H,7H2,1-3H3,(H,15,16). The summed E-state index contributed by atoms with van der Waals surface area (Å²) < 4.78 is 0. The third-order valence-electron chi connectivity index (χ3n) is 2.28. The van der Waals surface area contributed by atoms with E-state index in [-0.39, 0.29) is 17.3 Å². The topological polar surface area (TPSA) is 42.0 Å². The summed E-state index contributed by atoms with van der Waals surface area (Å²) in [7, 11) is 0. The molecule has 0 aliphatic heterocycles. The molecule has 1 aromatic heterocycles. The molecule has 0 saturated carbocycles. The van der Waals surface area contributed by atoms with E-state index in [9.17, 15) is 4.79 Å². The van der Waals surface area contributed by atoms with Crippen molar-refractivity contribution in [2.75, 3.05) is 0 Å². The van der Waals surface area contributed by atoms with Crippen molar-refractivity contribution in [3.63, 3.8) is 0 Å². The van der Waals surface area contributed by atoms with Gasteiger partial charge in [0.25, 0.3) is 5.91 Å². The van der Waals surface area contributed by atoms with Crippen molar-refractivity contribution in [2.24, 2.45) is 0 Å². The summed E-state index contributed by atoms with van der Waals surface area (Å²) in [5.41, 5.74) is 1.36. The minimum absolute atomic E-state index is 0.0557. The Morgan fingerprint density at radius 3 is 2.81 bits per heavy atom. The highest BCUT2D eigenvalue weighted by Gasteiger charge is 2.14. The molecule has 0 aromatic carbocycles. The number of alkyl halides is 1. The van der Waals surface area contributed by atoms with Crippen LogP contribution in [-0.4, -0.2) is 22.3 Å². The van der Waals surface area contributed by atoms with Crippen LogP contribution in [0.25, 0.3) is 0 Å². The van der Waals surface area contributed by atoms with E-state index in [1.807, 2.05) is 32.9 Å². The normalized spacial score (nSPS) is 14.2. The van der Waals surface area contributed by atoms with Gasteiger partial charge in [0.1, 0.15) is 5.69 Å². The quantitative estimate of drug-likeness (QED) is 0.822. The van der Waals surface area contributed by atoms with Gasteiger partial charge in [0.15, 0.2) is 0 Å². The molecule has 0 saturated heterocycles. The Kier molecular flexibility index (Phi) is 4.74. The van der Waals surface area contributed by atoms with Gasteiger partial charge in [0.2, 0.25) is 0 Å². The molecular weight excluding hydrogens is 224 g/mol. The highest BCUT2D eigenvalue weighted by atomic mass is 35.5. The van der Waals surface area contributed by atoms with E-state index in [0.717, 1.165) is 12.0 Å². The Labute approximate surface area is 101 Å². The predicted molar refractivity (Wildman–Crippen MR) is 65.8 cm³/mol. The number of rotatable bonds is 4. The number of halogens is 1. The zero-order chi connectivity index (χ0) is 12.1. The molecular formula is C12H17ClN2O. The van der Waals surface area contributed by atoms with Gasteiger partial charge < -0.3 is 5.32 Å². The lowest BCUT2D eigenvalue weighted by molar-refractivity contribution is 0.0933. The molecule has 88 valence electrons. The molecule has 0 radical (unpaired) electrons. The fourth-order valence-corrected chi connectivity index (χ4v) is 1.83. The molecule has 16 heavy (non-hydrogen) atoms. The van der Waals surface area contributed by atoms with E-state index in [1.54, 1.807) is 6.20 Å². The number of amides is 1. The zero-order valence-corrected chi connectivity index (χ0v) is 10.6. The van der Waals surface area contributed by atoms with Crippen LogP contribution in [-0.2, 0) is 0 Å². The second-order valence-electron chi connectivity index (χ2n) is 4.06. The summed E-state index contributed by atoms with van der Waals surface area (Å²) in [4.78, 5) is 15.9. The van der Waals surface area contributed by atoms with E-state index in [0.29, 0.717) is 5.69 Å². The first kappa shape index (κ1) is 13.0. The Morgan fingerprint density at radius 1 is 1.56 bits per heavy atom. The van der Waals surface area contributed by atoms with Crippen molar-refractivity contribution in [1.29, 1.82) is 0 Å². The van der Waals surface area contributed by atoms with Crippen molar-refractivity contribution in [1.82, 2.24) is 10.3 Å². The van der Waals surface area contributed by atoms with E-state index in [4.69, 9.17) is 11.6 Å². The summed E-state index contributed by atoms with van der Waals surface area (Å²) in [6, 6.07) is 3.74. The van der Waals surface area contributed by atoms with Crippen molar-refractivity contribution >= 4 is 17.5 Å². The number of aromatic nitrogens is 1. The molecule has 0 aliphatic rings. The van der Waals surface area contributed by atoms with Crippen LogP contribution in [0.15, 0.2) is 18.3 Å². The average Bonchev–Trinajstić information content (AvgIpc) is 2.16. The lowest BCUT2D eigenvalue weighted by atomic mass is 10.1. The monoisotopic (exact) mass is 240 g/mol. The highest BCUT2D eigenvalue weighted by molar-refractivity contribution is 6.20. The van der Waals surface area contributed by atoms with Crippen molar-refractivity contribution in [2.45, 2.75) is 38.6 Å². The van der Waals surface area contributed by atoms with Crippen LogP contribution in [0.3, 0.4) is 0 Å². The second kappa shape index (κ2) is 5.85. The van der Waals surface area contributed by atoms with E-state index in [1.165, 1.54) is 0 Å². The minimum Gasteiger partial charge on any atom is -0.348 e. The van der Waals surface area contributed by atoms with Crippen molar-refractivity contribution < 1.29 is 4.79 Å². The van der Waals surface area contributed by atoms with Crippen LogP contribution in [0, 0.1) is 6.92 Å². The van der Waals surface area contributed by atoms with E-state index >= 15 is 0 Å². The summed E-state index contributed by atoms with van der Waals surface area (Å²) in [5.74, 6) is -0.136. The number of carbonyl (C=O) groups is 1. The first-order valence-corrected chi connectivity index (χ1v) is 5.81. The zero-order valence-electron chi connectivity index (χ0n) is 9.83. The molecule has 1 rings (SSSR count). The predicted octanol–water partition coefficient (Wildman–Crippen LogP) is 2.53. The number of hydrogen-bond acceptors (Lipinski definition) is 2. The maximum atomic E-state index is 11.8. The minimum atomic E-state index is -0.136. The van der Waals surface area contributed by atoms with Crippen LogP contribution in [0.4, 0.5) is 0 Å². The fourth-order valence-electron chi connectivity index (χ4n) is 1.56. The molecule has 1 amide bonds.